The molecule has 19 heavy (non-hydrogen) atoms. The summed E-state index contributed by atoms with van der Waals surface area (Å²) in [6, 6.07) is 14.9. The molecule has 1 aromatic heterocycles. The van der Waals surface area contributed by atoms with Gasteiger partial charge in [0.2, 0.25) is 0 Å². The topological polar surface area (TPSA) is 24.9 Å². The van der Waals surface area contributed by atoms with Gasteiger partial charge < -0.3 is 5.32 Å². The molecule has 1 heterocycles. The van der Waals surface area contributed by atoms with Gasteiger partial charge in [0, 0.05) is 6.54 Å². The molecule has 0 saturated heterocycles. The van der Waals surface area contributed by atoms with E-state index in [2.05, 4.69) is 66.6 Å². The standard InChI is InChI=1S/C16H16N2S/c1-11-3-6-13(7-4-11)10-17-16-18-14-8-5-12(2)9-15(14)19-16/h3-9H,10H2,1-2H3,(H,17,18). The average molecular weight is 268 g/mol. The quantitative estimate of drug-likeness (QED) is 0.755. The molecule has 2 nitrogen and oxygen atoms in total. The van der Waals surface area contributed by atoms with Crippen LogP contribution in [-0.2, 0) is 6.54 Å². The van der Waals surface area contributed by atoms with Crippen LogP contribution in [0.5, 0.6) is 0 Å². The van der Waals surface area contributed by atoms with Crippen molar-refractivity contribution in [3.63, 3.8) is 0 Å². The van der Waals surface area contributed by atoms with Crippen LogP contribution in [0, 0.1) is 13.8 Å². The van der Waals surface area contributed by atoms with Gasteiger partial charge in [0.1, 0.15) is 0 Å². The molecule has 3 rings (SSSR count). The Hall–Kier alpha value is -1.87. The fourth-order valence-corrected chi connectivity index (χ4v) is 2.95. The molecule has 0 aliphatic rings. The first-order valence-corrected chi connectivity index (χ1v) is 7.19. The van der Waals surface area contributed by atoms with Crippen LogP contribution in [0.1, 0.15) is 16.7 Å². The number of thiazole rings is 1. The largest absolute Gasteiger partial charge is 0.357 e. The van der Waals surface area contributed by atoms with E-state index in [-0.39, 0.29) is 0 Å². The molecule has 0 fully saturated rings. The van der Waals surface area contributed by atoms with E-state index in [9.17, 15) is 0 Å². The number of hydrogen-bond donors (Lipinski definition) is 1. The maximum Gasteiger partial charge on any atom is 0.184 e. The molecule has 1 N–H and O–H groups in total. The lowest BCUT2D eigenvalue weighted by atomic mass is 10.1. The zero-order valence-corrected chi connectivity index (χ0v) is 11.9. The van der Waals surface area contributed by atoms with Gasteiger partial charge >= 0.3 is 0 Å². The van der Waals surface area contributed by atoms with Crippen molar-refractivity contribution in [1.29, 1.82) is 0 Å². The molecule has 0 spiro atoms. The highest BCUT2D eigenvalue weighted by Crippen LogP contribution is 2.26. The lowest BCUT2D eigenvalue weighted by Gasteiger charge is -2.02. The zero-order chi connectivity index (χ0) is 13.2. The summed E-state index contributed by atoms with van der Waals surface area (Å²) < 4.78 is 1.24. The number of aryl methyl sites for hydroxylation is 2. The Morgan fingerprint density at radius 3 is 2.53 bits per heavy atom. The number of nitrogens with one attached hydrogen (secondary N) is 1. The molecule has 0 aliphatic carbocycles. The minimum absolute atomic E-state index is 0.819. The van der Waals surface area contributed by atoms with Crippen LogP contribution in [-0.4, -0.2) is 4.98 Å². The first-order valence-electron chi connectivity index (χ1n) is 6.37. The van der Waals surface area contributed by atoms with Gasteiger partial charge in [0.25, 0.3) is 0 Å². The van der Waals surface area contributed by atoms with Gasteiger partial charge in [-0.25, -0.2) is 4.98 Å². The molecule has 0 saturated carbocycles. The predicted molar refractivity (Wildman–Crippen MR) is 82.9 cm³/mol. The van der Waals surface area contributed by atoms with E-state index in [0.717, 1.165) is 17.2 Å². The summed E-state index contributed by atoms with van der Waals surface area (Å²) in [5.41, 5.74) is 4.92. The van der Waals surface area contributed by atoms with Gasteiger partial charge in [0.15, 0.2) is 5.13 Å². The van der Waals surface area contributed by atoms with Gasteiger partial charge in [-0.05, 0) is 37.1 Å². The van der Waals surface area contributed by atoms with E-state index in [4.69, 9.17) is 0 Å². The third kappa shape index (κ3) is 2.76. The highest BCUT2D eigenvalue weighted by atomic mass is 32.1. The summed E-state index contributed by atoms with van der Waals surface area (Å²) in [7, 11) is 0. The zero-order valence-electron chi connectivity index (χ0n) is 11.1. The third-order valence-electron chi connectivity index (χ3n) is 3.11. The Kier molecular flexibility index (Phi) is 3.22. The molecule has 3 heteroatoms. The molecule has 0 radical (unpaired) electrons. The van der Waals surface area contributed by atoms with Gasteiger partial charge in [-0.1, -0.05) is 47.2 Å². The Morgan fingerprint density at radius 1 is 1.00 bits per heavy atom. The minimum atomic E-state index is 0.819. The molecular formula is C16H16N2S. The second kappa shape index (κ2) is 5.02. The molecule has 0 aliphatic heterocycles. The second-order valence-corrected chi connectivity index (χ2v) is 5.86. The van der Waals surface area contributed by atoms with Crippen LogP contribution < -0.4 is 5.32 Å². The van der Waals surface area contributed by atoms with Crippen LogP contribution in [0.3, 0.4) is 0 Å². The van der Waals surface area contributed by atoms with E-state index in [1.807, 2.05) is 0 Å². The van der Waals surface area contributed by atoms with Crippen molar-refractivity contribution in [2.24, 2.45) is 0 Å². The monoisotopic (exact) mass is 268 g/mol. The molecule has 0 atom stereocenters. The van der Waals surface area contributed by atoms with Gasteiger partial charge in [0.05, 0.1) is 10.2 Å². The first-order chi connectivity index (χ1) is 9.20. The third-order valence-corrected chi connectivity index (χ3v) is 4.08. The molecular weight excluding hydrogens is 252 g/mol. The number of rotatable bonds is 3. The van der Waals surface area contributed by atoms with Crippen molar-refractivity contribution < 1.29 is 0 Å². The lowest BCUT2D eigenvalue weighted by Crippen LogP contribution is -1.98. The summed E-state index contributed by atoms with van der Waals surface area (Å²) in [6.45, 7) is 5.03. The van der Waals surface area contributed by atoms with Crippen molar-refractivity contribution in [3.8, 4) is 0 Å². The summed E-state index contributed by atoms with van der Waals surface area (Å²) >= 11 is 1.71. The van der Waals surface area contributed by atoms with E-state index in [1.54, 1.807) is 11.3 Å². The maximum absolute atomic E-state index is 4.59. The van der Waals surface area contributed by atoms with Gasteiger partial charge in [-0.3, -0.25) is 0 Å². The van der Waals surface area contributed by atoms with E-state index in [1.165, 1.54) is 21.4 Å². The predicted octanol–water partition coefficient (Wildman–Crippen LogP) is 4.53. The summed E-state index contributed by atoms with van der Waals surface area (Å²) in [6.07, 6.45) is 0. The highest BCUT2D eigenvalue weighted by Gasteiger charge is 2.03. The SMILES string of the molecule is Cc1ccc(CNc2nc3ccc(C)cc3s2)cc1. The number of benzene rings is 2. The minimum Gasteiger partial charge on any atom is -0.357 e. The molecule has 2 aromatic carbocycles. The maximum atomic E-state index is 4.59. The van der Waals surface area contributed by atoms with Crippen LogP contribution in [0.4, 0.5) is 5.13 Å². The molecule has 3 aromatic rings. The smallest absolute Gasteiger partial charge is 0.184 e. The van der Waals surface area contributed by atoms with Gasteiger partial charge in [-0.15, -0.1) is 0 Å². The summed E-state index contributed by atoms with van der Waals surface area (Å²) in [4.78, 5) is 4.59. The van der Waals surface area contributed by atoms with Crippen molar-refractivity contribution in [2.75, 3.05) is 5.32 Å². The Balaban J connectivity index is 1.76. The number of fused-ring (bicyclic) bond motifs is 1. The fraction of sp³-hybridized carbons (Fsp3) is 0.188. The number of hydrogen-bond acceptors (Lipinski definition) is 3. The summed E-state index contributed by atoms with van der Waals surface area (Å²) in [5.74, 6) is 0. The first kappa shape index (κ1) is 12.2. The lowest BCUT2D eigenvalue weighted by molar-refractivity contribution is 1.14. The van der Waals surface area contributed by atoms with E-state index in [0.29, 0.717) is 0 Å². The van der Waals surface area contributed by atoms with Crippen LogP contribution in [0.25, 0.3) is 10.2 Å². The van der Waals surface area contributed by atoms with Crippen molar-refractivity contribution in [2.45, 2.75) is 20.4 Å². The fourth-order valence-electron chi connectivity index (χ4n) is 1.99. The number of nitrogens with zero attached hydrogens (tertiary/aromatic N) is 1. The highest BCUT2D eigenvalue weighted by molar-refractivity contribution is 7.22. The molecule has 0 amide bonds. The van der Waals surface area contributed by atoms with Crippen molar-refractivity contribution >= 4 is 26.7 Å². The second-order valence-electron chi connectivity index (χ2n) is 4.83. The van der Waals surface area contributed by atoms with E-state index >= 15 is 0 Å². The van der Waals surface area contributed by atoms with Crippen molar-refractivity contribution in [1.82, 2.24) is 4.98 Å². The van der Waals surface area contributed by atoms with Crippen LogP contribution in [0.15, 0.2) is 42.5 Å². The van der Waals surface area contributed by atoms with Crippen LogP contribution in [0.2, 0.25) is 0 Å². The van der Waals surface area contributed by atoms with Crippen LogP contribution >= 0.6 is 11.3 Å². The Bertz CT molecular complexity index is 698. The number of anilines is 1. The van der Waals surface area contributed by atoms with E-state index < -0.39 is 0 Å². The molecule has 0 bridgehead atoms. The Morgan fingerprint density at radius 2 is 1.74 bits per heavy atom. The normalized spacial score (nSPS) is 10.8. The van der Waals surface area contributed by atoms with Gasteiger partial charge in [-0.2, -0.15) is 0 Å². The Labute approximate surface area is 117 Å². The molecule has 96 valence electrons. The number of aromatic nitrogens is 1. The average Bonchev–Trinajstić information content (AvgIpc) is 2.80. The van der Waals surface area contributed by atoms with Crippen molar-refractivity contribution in [3.05, 3.63) is 59.2 Å². The molecule has 0 unspecified atom stereocenters. The summed E-state index contributed by atoms with van der Waals surface area (Å²) in [5, 5.41) is 4.38.